The molecule has 0 heterocycles. The summed E-state index contributed by atoms with van der Waals surface area (Å²) < 4.78 is 15.5. The molecule has 0 aliphatic rings. The summed E-state index contributed by atoms with van der Waals surface area (Å²) in [6, 6.07) is 12.1. The van der Waals surface area contributed by atoms with Crippen molar-refractivity contribution < 1.29 is 28.6 Å². The van der Waals surface area contributed by atoms with E-state index in [-0.39, 0.29) is 18.9 Å². The number of amides is 3. The summed E-state index contributed by atoms with van der Waals surface area (Å²) in [5, 5.41) is 8.99. The fourth-order valence-electron chi connectivity index (χ4n) is 2.66. The van der Waals surface area contributed by atoms with E-state index in [1.165, 1.54) is 14.2 Å². The van der Waals surface area contributed by atoms with Gasteiger partial charge in [-0.05, 0) is 25.1 Å². The Labute approximate surface area is 185 Å². The molecule has 3 N–H and O–H groups in total. The first kappa shape index (κ1) is 24.2. The zero-order valence-corrected chi connectivity index (χ0v) is 18.4. The predicted molar refractivity (Wildman–Crippen MR) is 119 cm³/mol. The highest BCUT2D eigenvalue weighted by atomic mass is 16.5. The van der Waals surface area contributed by atoms with Crippen molar-refractivity contribution in [2.24, 2.45) is 5.10 Å². The van der Waals surface area contributed by atoms with E-state index in [4.69, 9.17) is 14.2 Å². The molecule has 3 amide bonds. The van der Waals surface area contributed by atoms with Crippen molar-refractivity contribution in [3.63, 3.8) is 0 Å². The van der Waals surface area contributed by atoms with Crippen LogP contribution in [-0.4, -0.2) is 44.8 Å². The number of methoxy groups -OCH3 is 3. The van der Waals surface area contributed by atoms with Crippen molar-refractivity contribution in [1.82, 2.24) is 10.7 Å². The summed E-state index contributed by atoms with van der Waals surface area (Å²) in [4.78, 5) is 36.3. The van der Waals surface area contributed by atoms with Gasteiger partial charge in [-0.25, -0.2) is 5.43 Å². The molecule has 10 heteroatoms. The van der Waals surface area contributed by atoms with Crippen LogP contribution < -0.4 is 30.3 Å². The van der Waals surface area contributed by atoms with Crippen LogP contribution in [0.2, 0.25) is 0 Å². The van der Waals surface area contributed by atoms with E-state index in [2.05, 4.69) is 21.2 Å². The van der Waals surface area contributed by atoms with Gasteiger partial charge in [0.1, 0.15) is 17.2 Å². The summed E-state index contributed by atoms with van der Waals surface area (Å²) in [6.07, 6.45) is -0.0522. The lowest BCUT2D eigenvalue weighted by Crippen LogP contribution is -2.33. The number of para-hydroxylation sites is 1. The van der Waals surface area contributed by atoms with E-state index in [1.807, 2.05) is 18.2 Å². The van der Waals surface area contributed by atoms with E-state index >= 15 is 0 Å². The lowest BCUT2D eigenvalue weighted by Gasteiger charge is -2.11. The zero-order chi connectivity index (χ0) is 23.5. The van der Waals surface area contributed by atoms with Crippen LogP contribution in [0.1, 0.15) is 18.9 Å². The van der Waals surface area contributed by atoms with Crippen molar-refractivity contribution in [2.45, 2.75) is 19.9 Å². The van der Waals surface area contributed by atoms with Crippen molar-refractivity contribution in [3.8, 4) is 17.2 Å². The number of hydrogen-bond acceptors (Lipinski definition) is 7. The van der Waals surface area contributed by atoms with Crippen LogP contribution in [0.15, 0.2) is 47.6 Å². The second-order valence-electron chi connectivity index (χ2n) is 6.57. The number of carbonyl (C=O) groups is 3. The van der Waals surface area contributed by atoms with Gasteiger partial charge in [0.15, 0.2) is 0 Å². The molecule has 2 rings (SSSR count). The molecule has 0 aliphatic carbocycles. The second kappa shape index (κ2) is 11.9. The first-order valence-corrected chi connectivity index (χ1v) is 9.63. The molecule has 10 nitrogen and oxygen atoms in total. The molecule has 0 saturated heterocycles. The van der Waals surface area contributed by atoms with Gasteiger partial charge in [0, 0.05) is 23.9 Å². The van der Waals surface area contributed by atoms with Gasteiger partial charge >= 0.3 is 11.8 Å². The molecular weight excluding hydrogens is 416 g/mol. The Balaban J connectivity index is 1.85. The molecule has 170 valence electrons. The first-order valence-electron chi connectivity index (χ1n) is 9.63. The van der Waals surface area contributed by atoms with Crippen molar-refractivity contribution in [1.29, 1.82) is 0 Å². The average Bonchev–Trinajstić information content (AvgIpc) is 2.81. The van der Waals surface area contributed by atoms with Gasteiger partial charge in [-0.15, -0.1) is 0 Å². The van der Waals surface area contributed by atoms with Crippen molar-refractivity contribution in [2.75, 3.05) is 26.6 Å². The summed E-state index contributed by atoms with van der Waals surface area (Å²) in [5.41, 5.74) is 3.58. The maximum atomic E-state index is 12.1. The number of benzene rings is 2. The lowest BCUT2D eigenvalue weighted by atomic mass is 10.2. The van der Waals surface area contributed by atoms with Crippen LogP contribution in [0, 0.1) is 0 Å². The Morgan fingerprint density at radius 2 is 1.62 bits per heavy atom. The lowest BCUT2D eigenvalue weighted by molar-refractivity contribution is -0.136. The highest BCUT2D eigenvalue weighted by Gasteiger charge is 2.16. The maximum Gasteiger partial charge on any atom is 0.329 e. The Morgan fingerprint density at radius 3 is 2.31 bits per heavy atom. The summed E-state index contributed by atoms with van der Waals surface area (Å²) >= 11 is 0. The van der Waals surface area contributed by atoms with Crippen molar-refractivity contribution in [3.05, 3.63) is 48.0 Å². The van der Waals surface area contributed by atoms with Crippen LogP contribution >= 0.6 is 0 Å². The number of hydrogen-bond donors (Lipinski definition) is 3. The molecule has 0 unspecified atom stereocenters. The SMILES string of the molecule is COc1ccc(NC(=O)C(=O)NN=C(C)CC(=O)NCc2ccccc2OC)c(OC)c1. The minimum absolute atomic E-state index is 0.0522. The van der Waals surface area contributed by atoms with E-state index in [0.717, 1.165) is 5.56 Å². The number of carbonyl (C=O) groups excluding carboxylic acids is 3. The normalized spacial score (nSPS) is 10.7. The van der Waals surface area contributed by atoms with Gasteiger partial charge in [-0.1, -0.05) is 18.2 Å². The molecule has 0 aromatic heterocycles. The maximum absolute atomic E-state index is 12.1. The molecule has 0 saturated carbocycles. The summed E-state index contributed by atoms with van der Waals surface area (Å²) in [6.45, 7) is 1.85. The van der Waals surface area contributed by atoms with E-state index in [1.54, 1.807) is 38.3 Å². The topological polar surface area (TPSA) is 127 Å². The van der Waals surface area contributed by atoms with Crippen LogP contribution in [0.4, 0.5) is 5.69 Å². The molecule has 0 fully saturated rings. The standard InChI is InChI=1S/C22H26N4O6/c1-14(11-20(27)23-13-15-7-5-6-8-18(15)31-3)25-26-22(29)21(28)24-17-10-9-16(30-2)12-19(17)32-4/h5-10,12H,11,13H2,1-4H3,(H,23,27)(H,24,28)(H,26,29). The number of nitrogens with one attached hydrogen (secondary N) is 3. The molecule has 0 radical (unpaired) electrons. The van der Waals surface area contributed by atoms with Crippen LogP contribution in [-0.2, 0) is 20.9 Å². The van der Waals surface area contributed by atoms with Gasteiger partial charge < -0.3 is 24.8 Å². The van der Waals surface area contributed by atoms with E-state index in [0.29, 0.717) is 28.6 Å². The number of nitrogens with zero attached hydrogens (tertiary/aromatic N) is 1. The Hall–Kier alpha value is -4.08. The number of anilines is 1. The highest BCUT2D eigenvalue weighted by molar-refractivity contribution is 6.39. The van der Waals surface area contributed by atoms with Crippen molar-refractivity contribution >= 4 is 29.1 Å². The molecule has 0 spiro atoms. The Morgan fingerprint density at radius 1 is 0.906 bits per heavy atom. The molecule has 2 aromatic rings. The van der Waals surface area contributed by atoms with Crippen LogP contribution in [0.5, 0.6) is 17.2 Å². The van der Waals surface area contributed by atoms with E-state index < -0.39 is 11.8 Å². The van der Waals surface area contributed by atoms with Gasteiger partial charge in [0.2, 0.25) is 5.91 Å². The first-order chi connectivity index (χ1) is 15.4. The van der Waals surface area contributed by atoms with E-state index in [9.17, 15) is 14.4 Å². The number of hydrazone groups is 1. The highest BCUT2D eigenvalue weighted by Crippen LogP contribution is 2.28. The summed E-state index contributed by atoms with van der Waals surface area (Å²) in [7, 11) is 4.48. The Kier molecular flexibility index (Phi) is 9.03. The predicted octanol–water partition coefficient (Wildman–Crippen LogP) is 1.85. The van der Waals surface area contributed by atoms with Crippen LogP contribution in [0.25, 0.3) is 0 Å². The molecule has 0 aliphatic heterocycles. The zero-order valence-electron chi connectivity index (χ0n) is 18.4. The quantitative estimate of drug-likeness (QED) is 0.309. The number of rotatable bonds is 9. The largest absolute Gasteiger partial charge is 0.497 e. The fourth-order valence-corrected chi connectivity index (χ4v) is 2.66. The van der Waals surface area contributed by atoms with Gasteiger partial charge in [0.05, 0.1) is 33.4 Å². The third kappa shape index (κ3) is 7.01. The minimum Gasteiger partial charge on any atom is -0.497 e. The minimum atomic E-state index is -0.989. The third-order valence-electron chi connectivity index (χ3n) is 4.30. The Bertz CT molecular complexity index is 1010. The van der Waals surface area contributed by atoms with Gasteiger partial charge in [-0.3, -0.25) is 14.4 Å². The average molecular weight is 442 g/mol. The van der Waals surface area contributed by atoms with Crippen LogP contribution in [0.3, 0.4) is 0 Å². The smallest absolute Gasteiger partial charge is 0.329 e. The fraction of sp³-hybridized carbons (Fsp3) is 0.273. The molecule has 2 aromatic carbocycles. The van der Waals surface area contributed by atoms with Gasteiger partial charge in [0.25, 0.3) is 0 Å². The molecular formula is C22H26N4O6. The molecule has 0 bridgehead atoms. The van der Waals surface area contributed by atoms with Gasteiger partial charge in [-0.2, -0.15) is 5.10 Å². The second-order valence-corrected chi connectivity index (χ2v) is 6.57. The third-order valence-corrected chi connectivity index (χ3v) is 4.30. The molecule has 32 heavy (non-hydrogen) atoms. The number of ether oxygens (including phenoxy) is 3. The summed E-state index contributed by atoms with van der Waals surface area (Å²) in [5.74, 6) is -0.684. The molecule has 0 atom stereocenters. The monoisotopic (exact) mass is 442 g/mol.